The Bertz CT molecular complexity index is 833. The van der Waals surface area contributed by atoms with Gasteiger partial charge in [0.1, 0.15) is 0 Å². The number of carbonyl (C=O) groups excluding carboxylic acids is 1. The molecule has 0 aliphatic carbocycles. The lowest BCUT2D eigenvalue weighted by Crippen LogP contribution is -2.28. The average molecular weight is 352 g/mol. The third-order valence-corrected chi connectivity index (χ3v) is 4.50. The minimum absolute atomic E-state index is 0.216. The van der Waals surface area contributed by atoms with Crippen molar-refractivity contribution in [3.8, 4) is 0 Å². The summed E-state index contributed by atoms with van der Waals surface area (Å²) in [6.45, 7) is 1.15. The highest BCUT2D eigenvalue weighted by molar-refractivity contribution is 7.98. The molecule has 3 rings (SSSR count). The van der Waals surface area contributed by atoms with E-state index in [1.54, 1.807) is 18.0 Å². The van der Waals surface area contributed by atoms with Gasteiger partial charge < -0.3 is 10.6 Å². The minimum Gasteiger partial charge on any atom is -0.334 e. The first-order valence-electron chi connectivity index (χ1n) is 7.98. The number of nitrogens with zero attached hydrogens (tertiary/aromatic N) is 2. The van der Waals surface area contributed by atoms with Gasteiger partial charge in [0.25, 0.3) is 0 Å². The van der Waals surface area contributed by atoms with E-state index >= 15 is 0 Å². The Morgan fingerprint density at radius 2 is 1.96 bits per heavy atom. The number of anilines is 1. The van der Waals surface area contributed by atoms with Crippen molar-refractivity contribution in [2.75, 3.05) is 11.6 Å². The normalized spacial score (nSPS) is 10.4. The number of thioether (sulfide) groups is 1. The zero-order valence-corrected chi connectivity index (χ0v) is 14.8. The number of rotatable bonds is 6. The smallest absolute Gasteiger partial charge is 0.319 e. The third-order valence-electron chi connectivity index (χ3n) is 3.78. The Balaban J connectivity index is 1.60. The first kappa shape index (κ1) is 17.1. The fraction of sp³-hybridized carbons (Fsp3) is 0.158. The zero-order valence-electron chi connectivity index (χ0n) is 14.0. The number of hydrogen-bond donors (Lipinski definition) is 2. The predicted molar refractivity (Wildman–Crippen MR) is 102 cm³/mol. The molecule has 2 amide bonds. The fourth-order valence-corrected chi connectivity index (χ4v) is 2.96. The summed E-state index contributed by atoms with van der Waals surface area (Å²) in [4.78, 5) is 13.3. The Morgan fingerprint density at radius 1 is 1.12 bits per heavy atom. The van der Waals surface area contributed by atoms with E-state index in [0.717, 1.165) is 21.7 Å². The highest BCUT2D eigenvalue weighted by atomic mass is 32.2. The van der Waals surface area contributed by atoms with Crippen LogP contribution < -0.4 is 10.6 Å². The Hall–Kier alpha value is -2.73. The summed E-state index contributed by atoms with van der Waals surface area (Å²) in [6.07, 6.45) is 5.70. The lowest BCUT2D eigenvalue weighted by molar-refractivity contribution is 0.251. The van der Waals surface area contributed by atoms with Crippen molar-refractivity contribution in [2.24, 2.45) is 0 Å². The van der Waals surface area contributed by atoms with Gasteiger partial charge in [0, 0.05) is 29.5 Å². The van der Waals surface area contributed by atoms with Gasteiger partial charge in [0.15, 0.2) is 0 Å². The molecule has 0 saturated carbocycles. The summed E-state index contributed by atoms with van der Waals surface area (Å²) in [6, 6.07) is 17.5. The van der Waals surface area contributed by atoms with Crippen LogP contribution in [0, 0.1) is 0 Å². The molecule has 25 heavy (non-hydrogen) atoms. The van der Waals surface area contributed by atoms with E-state index in [4.69, 9.17) is 0 Å². The van der Waals surface area contributed by atoms with Crippen LogP contribution in [-0.4, -0.2) is 22.1 Å². The third kappa shape index (κ3) is 4.87. The van der Waals surface area contributed by atoms with Crippen molar-refractivity contribution in [3.05, 3.63) is 78.1 Å². The molecule has 0 aliphatic rings. The molecular weight excluding hydrogens is 332 g/mol. The Labute approximate surface area is 151 Å². The molecule has 2 aromatic carbocycles. The van der Waals surface area contributed by atoms with Crippen molar-refractivity contribution in [1.82, 2.24) is 15.1 Å². The topological polar surface area (TPSA) is 59.0 Å². The van der Waals surface area contributed by atoms with Crippen LogP contribution in [0.4, 0.5) is 10.5 Å². The van der Waals surface area contributed by atoms with Gasteiger partial charge in [0.2, 0.25) is 0 Å². The molecule has 0 radical (unpaired) electrons. The summed E-state index contributed by atoms with van der Waals surface area (Å²) in [5.74, 6) is 0. The van der Waals surface area contributed by atoms with E-state index in [2.05, 4.69) is 21.8 Å². The molecule has 1 aromatic heterocycles. The van der Waals surface area contributed by atoms with E-state index in [0.29, 0.717) is 13.1 Å². The predicted octanol–water partition coefficient (Wildman–Crippen LogP) is 3.98. The highest BCUT2D eigenvalue weighted by Gasteiger charge is 2.06. The van der Waals surface area contributed by atoms with E-state index in [-0.39, 0.29) is 6.03 Å². The lowest BCUT2D eigenvalue weighted by Gasteiger charge is -2.12. The molecule has 6 heteroatoms. The molecular formula is C19H20N4OS. The molecule has 1 heterocycles. The molecule has 0 unspecified atom stereocenters. The van der Waals surface area contributed by atoms with Gasteiger partial charge in [-0.2, -0.15) is 5.10 Å². The number of benzene rings is 2. The van der Waals surface area contributed by atoms with Gasteiger partial charge in [-0.15, -0.1) is 11.8 Å². The number of amides is 2. The summed E-state index contributed by atoms with van der Waals surface area (Å²) in [7, 11) is 0. The number of aromatic nitrogens is 2. The van der Waals surface area contributed by atoms with Gasteiger partial charge in [-0.25, -0.2) is 4.79 Å². The van der Waals surface area contributed by atoms with Crippen LogP contribution in [0.3, 0.4) is 0 Å². The lowest BCUT2D eigenvalue weighted by atomic mass is 10.1. The number of urea groups is 1. The van der Waals surface area contributed by atoms with Crippen molar-refractivity contribution in [2.45, 2.75) is 18.0 Å². The van der Waals surface area contributed by atoms with Crippen LogP contribution in [0.2, 0.25) is 0 Å². The summed E-state index contributed by atoms with van der Waals surface area (Å²) in [5, 5.41) is 10.0. The van der Waals surface area contributed by atoms with Gasteiger partial charge in [0.05, 0.1) is 6.54 Å². The molecule has 0 fully saturated rings. The van der Waals surface area contributed by atoms with Crippen LogP contribution in [0.5, 0.6) is 0 Å². The van der Waals surface area contributed by atoms with Crippen LogP contribution in [0.15, 0.2) is 71.9 Å². The van der Waals surface area contributed by atoms with Crippen molar-refractivity contribution in [1.29, 1.82) is 0 Å². The van der Waals surface area contributed by atoms with Crippen molar-refractivity contribution < 1.29 is 4.79 Å². The monoisotopic (exact) mass is 352 g/mol. The molecule has 0 spiro atoms. The first-order chi connectivity index (χ1) is 12.2. The average Bonchev–Trinajstić information content (AvgIpc) is 3.14. The SMILES string of the molecule is CSc1cccc(NC(=O)NCc2ccccc2Cn2cccn2)c1. The van der Waals surface area contributed by atoms with E-state index < -0.39 is 0 Å². The van der Waals surface area contributed by atoms with Crippen LogP contribution in [0.25, 0.3) is 0 Å². The second-order valence-electron chi connectivity index (χ2n) is 5.51. The summed E-state index contributed by atoms with van der Waals surface area (Å²) in [5.41, 5.74) is 3.00. The van der Waals surface area contributed by atoms with Gasteiger partial charge >= 0.3 is 6.03 Å². The number of hydrogen-bond acceptors (Lipinski definition) is 3. The standard InChI is InChI=1S/C19H20N4OS/c1-25-18-9-4-8-17(12-18)22-19(24)20-13-15-6-2-3-7-16(15)14-23-11-5-10-21-23/h2-12H,13-14H2,1H3,(H2,20,22,24). The van der Waals surface area contributed by atoms with E-state index in [1.165, 1.54) is 0 Å². The van der Waals surface area contributed by atoms with Gasteiger partial charge in [-0.05, 0) is 41.6 Å². The molecule has 0 atom stereocenters. The molecule has 128 valence electrons. The maximum Gasteiger partial charge on any atom is 0.319 e. The molecule has 3 aromatic rings. The maximum atomic E-state index is 12.2. The molecule has 0 bridgehead atoms. The molecule has 0 aliphatic heterocycles. The van der Waals surface area contributed by atoms with Gasteiger partial charge in [-0.1, -0.05) is 30.3 Å². The van der Waals surface area contributed by atoms with Crippen LogP contribution >= 0.6 is 11.8 Å². The molecule has 2 N–H and O–H groups in total. The Morgan fingerprint density at radius 3 is 2.72 bits per heavy atom. The van der Waals surface area contributed by atoms with E-state index in [1.807, 2.05) is 65.7 Å². The van der Waals surface area contributed by atoms with Gasteiger partial charge in [-0.3, -0.25) is 4.68 Å². The minimum atomic E-state index is -0.216. The molecule has 5 nitrogen and oxygen atoms in total. The van der Waals surface area contributed by atoms with Crippen molar-refractivity contribution >= 4 is 23.5 Å². The first-order valence-corrected chi connectivity index (χ1v) is 9.20. The second-order valence-corrected chi connectivity index (χ2v) is 6.39. The number of nitrogens with one attached hydrogen (secondary N) is 2. The number of carbonyl (C=O) groups is 1. The van der Waals surface area contributed by atoms with Crippen LogP contribution in [-0.2, 0) is 13.1 Å². The maximum absolute atomic E-state index is 12.2. The fourth-order valence-electron chi connectivity index (χ4n) is 2.50. The summed E-state index contributed by atoms with van der Waals surface area (Å²) < 4.78 is 1.87. The zero-order chi connectivity index (χ0) is 17.5. The molecule has 0 saturated heterocycles. The second kappa shape index (κ2) is 8.39. The largest absolute Gasteiger partial charge is 0.334 e. The quantitative estimate of drug-likeness (QED) is 0.660. The van der Waals surface area contributed by atoms with Crippen molar-refractivity contribution in [3.63, 3.8) is 0 Å². The van der Waals surface area contributed by atoms with Crippen LogP contribution in [0.1, 0.15) is 11.1 Å². The Kier molecular flexibility index (Phi) is 5.74. The highest BCUT2D eigenvalue weighted by Crippen LogP contribution is 2.18. The van der Waals surface area contributed by atoms with E-state index in [9.17, 15) is 4.79 Å². The summed E-state index contributed by atoms with van der Waals surface area (Å²) >= 11 is 1.64.